The highest BCUT2D eigenvalue weighted by Crippen LogP contribution is 2.41. The predicted octanol–water partition coefficient (Wildman–Crippen LogP) is 5.29. The van der Waals surface area contributed by atoms with Crippen LogP contribution >= 0.6 is 27.5 Å². The van der Waals surface area contributed by atoms with Crippen LogP contribution in [0.1, 0.15) is 21.5 Å². The molecule has 2 nitrogen and oxygen atoms in total. The Morgan fingerprint density at radius 1 is 1.10 bits per heavy atom. The van der Waals surface area contributed by atoms with Crippen LogP contribution < -0.4 is 9.47 Å². The van der Waals surface area contributed by atoms with Gasteiger partial charge in [0, 0.05) is 11.1 Å². The zero-order chi connectivity index (χ0) is 15.6. The van der Waals surface area contributed by atoms with Crippen molar-refractivity contribution in [2.45, 2.75) is 11.8 Å². The minimum atomic E-state index is -0.242. The van der Waals surface area contributed by atoms with Crippen molar-refractivity contribution in [3.8, 4) is 11.5 Å². The molecule has 0 amide bonds. The first-order chi connectivity index (χ1) is 9.97. The van der Waals surface area contributed by atoms with Gasteiger partial charge in [-0.1, -0.05) is 39.7 Å². The number of aryl methyl sites for hydroxylation is 1. The Hall–Kier alpha value is -1.26. The second-order valence-corrected chi connectivity index (χ2v) is 5.92. The predicted molar refractivity (Wildman–Crippen MR) is 86.5 cm³/mol. The fraction of sp³-hybridized carbons (Fsp3) is 0.250. The molecule has 112 valence electrons. The molecule has 5 heteroatoms. The quantitative estimate of drug-likeness (QED) is 0.678. The minimum absolute atomic E-state index is 0.236. The number of rotatable bonds is 4. The van der Waals surface area contributed by atoms with E-state index in [1.165, 1.54) is 6.07 Å². The van der Waals surface area contributed by atoms with E-state index < -0.39 is 0 Å². The largest absolute Gasteiger partial charge is 0.493 e. The summed E-state index contributed by atoms with van der Waals surface area (Å²) >= 11 is 9.86. The number of halogens is 3. The van der Waals surface area contributed by atoms with Gasteiger partial charge in [0.05, 0.1) is 19.0 Å². The van der Waals surface area contributed by atoms with Gasteiger partial charge in [0.1, 0.15) is 5.82 Å². The normalized spacial score (nSPS) is 12.1. The van der Waals surface area contributed by atoms with E-state index in [2.05, 4.69) is 15.9 Å². The van der Waals surface area contributed by atoms with Gasteiger partial charge in [-0.15, -0.1) is 0 Å². The molecule has 1 unspecified atom stereocenters. The molecule has 0 saturated heterocycles. The molecule has 2 aromatic rings. The van der Waals surface area contributed by atoms with Crippen LogP contribution in [0.3, 0.4) is 0 Å². The molecule has 0 radical (unpaired) electrons. The molecule has 1 atom stereocenters. The number of ether oxygens (including phenoxy) is 2. The summed E-state index contributed by atoms with van der Waals surface area (Å²) in [6.45, 7) is 1.73. The average molecular weight is 374 g/mol. The lowest BCUT2D eigenvalue weighted by molar-refractivity contribution is 0.354. The van der Waals surface area contributed by atoms with E-state index >= 15 is 0 Å². The summed E-state index contributed by atoms with van der Waals surface area (Å²) in [5, 5.41) is 0.524. The minimum Gasteiger partial charge on any atom is -0.493 e. The van der Waals surface area contributed by atoms with Gasteiger partial charge < -0.3 is 9.47 Å². The molecular formula is C16H15BrClFO2. The van der Waals surface area contributed by atoms with Crippen LogP contribution in [0.4, 0.5) is 4.39 Å². The molecule has 0 aromatic heterocycles. The van der Waals surface area contributed by atoms with Crippen LogP contribution in [0.15, 0.2) is 30.3 Å². The number of hydrogen-bond donors (Lipinski definition) is 0. The molecule has 0 aliphatic carbocycles. The number of methoxy groups -OCH3 is 2. The molecule has 0 heterocycles. The summed E-state index contributed by atoms with van der Waals surface area (Å²) in [6.07, 6.45) is 0. The Bertz CT molecular complexity index is 661. The lowest BCUT2D eigenvalue weighted by Crippen LogP contribution is -1.98. The third-order valence-electron chi connectivity index (χ3n) is 3.26. The van der Waals surface area contributed by atoms with Crippen molar-refractivity contribution >= 4 is 27.5 Å². The van der Waals surface area contributed by atoms with Crippen molar-refractivity contribution in [2.75, 3.05) is 14.2 Å². The molecule has 0 spiro atoms. The second-order valence-electron chi connectivity index (χ2n) is 4.60. The molecule has 0 N–H and O–H groups in total. The van der Waals surface area contributed by atoms with Crippen LogP contribution in [0.5, 0.6) is 11.5 Å². The Morgan fingerprint density at radius 2 is 1.71 bits per heavy atom. The lowest BCUT2D eigenvalue weighted by Gasteiger charge is -2.16. The standard InChI is InChI=1S/C16H15BrClFO2/c1-9-4-5-10(6-13(9)19)16(17)11-7-14(20-2)15(21-3)8-12(11)18/h4-8,16H,1-3H3. The molecule has 0 saturated carbocycles. The molecule has 0 aliphatic rings. The van der Waals surface area contributed by atoms with E-state index in [1.807, 2.05) is 6.07 Å². The first-order valence-electron chi connectivity index (χ1n) is 6.29. The van der Waals surface area contributed by atoms with E-state index in [4.69, 9.17) is 21.1 Å². The van der Waals surface area contributed by atoms with Gasteiger partial charge in [0.25, 0.3) is 0 Å². The zero-order valence-corrected chi connectivity index (χ0v) is 14.3. The van der Waals surface area contributed by atoms with Gasteiger partial charge in [-0.05, 0) is 35.7 Å². The Balaban J connectivity index is 2.47. The topological polar surface area (TPSA) is 18.5 Å². The molecule has 2 aromatic carbocycles. The van der Waals surface area contributed by atoms with Gasteiger partial charge in [-0.2, -0.15) is 0 Å². The highest BCUT2D eigenvalue weighted by molar-refractivity contribution is 9.09. The first kappa shape index (κ1) is 16.1. The maximum Gasteiger partial charge on any atom is 0.162 e. The van der Waals surface area contributed by atoms with E-state index in [0.717, 1.165) is 11.1 Å². The van der Waals surface area contributed by atoms with Crippen LogP contribution in [0.25, 0.3) is 0 Å². The zero-order valence-electron chi connectivity index (χ0n) is 11.9. The maximum absolute atomic E-state index is 13.7. The average Bonchev–Trinajstić information content (AvgIpc) is 2.49. The Kier molecular flexibility index (Phi) is 5.12. The first-order valence-corrected chi connectivity index (χ1v) is 7.58. The van der Waals surface area contributed by atoms with Crippen molar-refractivity contribution in [1.82, 2.24) is 0 Å². The molecular weight excluding hydrogens is 359 g/mol. The second kappa shape index (κ2) is 6.67. The molecule has 2 rings (SSSR count). The van der Waals surface area contributed by atoms with Crippen LogP contribution in [-0.4, -0.2) is 14.2 Å². The number of alkyl halides is 1. The van der Waals surface area contributed by atoms with Gasteiger partial charge in [0.2, 0.25) is 0 Å². The fourth-order valence-electron chi connectivity index (χ4n) is 2.01. The summed E-state index contributed by atoms with van der Waals surface area (Å²) in [4.78, 5) is -0.236. The monoisotopic (exact) mass is 372 g/mol. The lowest BCUT2D eigenvalue weighted by atomic mass is 10.0. The Morgan fingerprint density at radius 3 is 2.29 bits per heavy atom. The third kappa shape index (κ3) is 3.33. The van der Waals surface area contributed by atoms with Crippen molar-refractivity contribution < 1.29 is 13.9 Å². The SMILES string of the molecule is COc1cc(Cl)c(C(Br)c2ccc(C)c(F)c2)cc1OC. The van der Waals surface area contributed by atoms with Gasteiger partial charge in [-0.3, -0.25) is 0 Å². The maximum atomic E-state index is 13.7. The van der Waals surface area contributed by atoms with E-state index in [-0.39, 0.29) is 10.6 Å². The fourth-order valence-corrected chi connectivity index (χ4v) is 3.07. The van der Waals surface area contributed by atoms with E-state index in [9.17, 15) is 4.39 Å². The summed E-state index contributed by atoms with van der Waals surface area (Å²) in [7, 11) is 3.11. The van der Waals surface area contributed by atoms with Crippen LogP contribution in [0, 0.1) is 12.7 Å². The third-order valence-corrected chi connectivity index (χ3v) is 4.61. The highest BCUT2D eigenvalue weighted by Gasteiger charge is 2.18. The van der Waals surface area contributed by atoms with Gasteiger partial charge in [0.15, 0.2) is 11.5 Å². The highest BCUT2D eigenvalue weighted by atomic mass is 79.9. The van der Waals surface area contributed by atoms with E-state index in [0.29, 0.717) is 22.1 Å². The summed E-state index contributed by atoms with van der Waals surface area (Å²) in [5.41, 5.74) is 2.18. The summed E-state index contributed by atoms with van der Waals surface area (Å²) < 4.78 is 24.2. The van der Waals surface area contributed by atoms with Crippen molar-refractivity contribution in [1.29, 1.82) is 0 Å². The molecule has 21 heavy (non-hydrogen) atoms. The Labute approximate surface area is 137 Å². The van der Waals surface area contributed by atoms with Gasteiger partial charge in [-0.25, -0.2) is 4.39 Å². The smallest absolute Gasteiger partial charge is 0.162 e. The van der Waals surface area contributed by atoms with Crippen molar-refractivity contribution in [2.24, 2.45) is 0 Å². The summed E-state index contributed by atoms with van der Waals surface area (Å²) in [5.74, 6) is 0.892. The molecule has 0 fully saturated rings. The summed E-state index contributed by atoms with van der Waals surface area (Å²) in [6, 6.07) is 8.59. The molecule has 0 bridgehead atoms. The van der Waals surface area contributed by atoms with E-state index in [1.54, 1.807) is 39.3 Å². The van der Waals surface area contributed by atoms with Gasteiger partial charge >= 0.3 is 0 Å². The van der Waals surface area contributed by atoms with Crippen LogP contribution in [-0.2, 0) is 0 Å². The van der Waals surface area contributed by atoms with Crippen LogP contribution in [0.2, 0.25) is 5.02 Å². The number of benzene rings is 2. The van der Waals surface area contributed by atoms with Crippen molar-refractivity contribution in [3.63, 3.8) is 0 Å². The number of hydrogen-bond acceptors (Lipinski definition) is 2. The molecule has 0 aliphatic heterocycles. The van der Waals surface area contributed by atoms with Crippen molar-refractivity contribution in [3.05, 3.63) is 57.9 Å².